The molecule has 0 amide bonds. The number of aromatic nitrogens is 1. The molecule has 2 nitrogen and oxygen atoms in total. The summed E-state index contributed by atoms with van der Waals surface area (Å²) in [7, 11) is 2.73. The van der Waals surface area contributed by atoms with Crippen LogP contribution in [0.15, 0.2) is 12.4 Å². The van der Waals surface area contributed by atoms with E-state index in [0.29, 0.717) is 0 Å². The molecule has 1 aliphatic heterocycles. The number of fused-ring (bicyclic) bond motifs is 1. The van der Waals surface area contributed by atoms with Gasteiger partial charge < -0.3 is 5.32 Å². The van der Waals surface area contributed by atoms with Crippen LogP contribution in [0.4, 0.5) is 0 Å². The topological polar surface area (TPSA) is 24.9 Å². The highest BCUT2D eigenvalue weighted by Crippen LogP contribution is 2.11. The van der Waals surface area contributed by atoms with Gasteiger partial charge in [-0.3, -0.25) is 4.98 Å². The summed E-state index contributed by atoms with van der Waals surface area (Å²) >= 11 is 0. The third kappa shape index (κ3) is 1.29. The minimum Gasteiger partial charge on any atom is -0.312 e. The normalized spacial score (nSPS) is 16.1. The molecule has 2 rings (SSSR count). The monoisotopic (exact) mass is 166 g/mol. The Morgan fingerprint density at radius 1 is 1.45 bits per heavy atom. The van der Waals surface area contributed by atoms with Crippen LogP contribution in [-0.2, 0) is 13.0 Å². The van der Waals surface area contributed by atoms with Crippen molar-refractivity contribution in [2.75, 3.05) is 6.54 Å². The first-order chi connectivity index (χ1) is 5.38. The van der Waals surface area contributed by atoms with E-state index in [4.69, 9.17) is 0 Å². The highest BCUT2D eigenvalue weighted by Gasteiger charge is 2.09. The molecule has 0 bridgehead atoms. The molecule has 1 aliphatic rings. The third-order valence-electron chi connectivity index (χ3n) is 2.05. The second-order valence-corrected chi connectivity index (χ2v) is 3.42. The lowest BCUT2D eigenvalue weighted by Gasteiger charge is -2.17. The zero-order valence-corrected chi connectivity index (χ0v) is 7.46. The minimum atomic E-state index is 0.997. The van der Waals surface area contributed by atoms with Crippen molar-refractivity contribution >= 4 is 14.5 Å². The van der Waals surface area contributed by atoms with Gasteiger partial charge in [-0.2, -0.15) is 0 Å². The van der Waals surface area contributed by atoms with Gasteiger partial charge in [0.2, 0.25) is 0 Å². The molecule has 2 heterocycles. The molecule has 0 fully saturated rings. The molecule has 1 N–H and O–H groups in total. The van der Waals surface area contributed by atoms with Gasteiger partial charge in [0.05, 0.1) is 0 Å². The Morgan fingerprint density at radius 2 is 2.36 bits per heavy atom. The Bertz CT molecular complexity index is 273. The highest BCUT2D eigenvalue weighted by atomic mass is 31.0. The summed E-state index contributed by atoms with van der Waals surface area (Å²) in [4.78, 5) is 4.15. The average molecular weight is 166 g/mol. The second-order valence-electron chi connectivity index (χ2n) is 2.79. The number of pyridine rings is 1. The molecule has 1 aromatic heterocycles. The fourth-order valence-electron chi connectivity index (χ4n) is 1.42. The van der Waals surface area contributed by atoms with Gasteiger partial charge in [0.25, 0.3) is 0 Å². The van der Waals surface area contributed by atoms with Gasteiger partial charge in [-0.15, -0.1) is 9.24 Å². The fourth-order valence-corrected chi connectivity index (χ4v) is 1.79. The summed E-state index contributed by atoms with van der Waals surface area (Å²) < 4.78 is 0. The number of hydrogen-bond acceptors (Lipinski definition) is 2. The minimum absolute atomic E-state index is 0.997. The van der Waals surface area contributed by atoms with Crippen LogP contribution >= 0.6 is 9.24 Å². The Balaban J connectivity index is 2.49. The molecule has 1 aromatic rings. The van der Waals surface area contributed by atoms with Crippen molar-refractivity contribution in [2.24, 2.45) is 0 Å². The molecule has 11 heavy (non-hydrogen) atoms. The van der Waals surface area contributed by atoms with E-state index < -0.39 is 0 Å². The standard InChI is InChI=1S/C8H11N2P/c11-8-5-10-3-6-1-2-9-4-7(6)8/h3,5,9H,1-2,4,11H2. The maximum absolute atomic E-state index is 4.15. The molecular formula is C8H11N2P. The van der Waals surface area contributed by atoms with Crippen LogP contribution in [0, 0.1) is 0 Å². The van der Waals surface area contributed by atoms with E-state index in [1.54, 1.807) is 0 Å². The largest absolute Gasteiger partial charge is 0.312 e. The number of hydrogen-bond donors (Lipinski definition) is 1. The summed E-state index contributed by atoms with van der Waals surface area (Å²) in [6.07, 6.45) is 4.99. The van der Waals surface area contributed by atoms with Crippen LogP contribution in [0.5, 0.6) is 0 Å². The molecule has 0 radical (unpaired) electrons. The zero-order valence-electron chi connectivity index (χ0n) is 6.30. The van der Waals surface area contributed by atoms with E-state index in [1.165, 1.54) is 16.4 Å². The van der Waals surface area contributed by atoms with Gasteiger partial charge in [-0.25, -0.2) is 0 Å². The lowest BCUT2D eigenvalue weighted by atomic mass is 10.0. The maximum Gasteiger partial charge on any atom is 0.0342 e. The Hall–Kier alpha value is -0.460. The molecule has 0 aliphatic carbocycles. The lowest BCUT2D eigenvalue weighted by Crippen LogP contribution is -2.27. The SMILES string of the molecule is Pc1cncc2c1CNCC2. The van der Waals surface area contributed by atoms with E-state index >= 15 is 0 Å². The first-order valence-electron chi connectivity index (χ1n) is 3.80. The molecule has 0 saturated heterocycles. The smallest absolute Gasteiger partial charge is 0.0342 e. The second kappa shape index (κ2) is 2.88. The molecule has 0 aromatic carbocycles. The first-order valence-corrected chi connectivity index (χ1v) is 4.37. The molecule has 1 atom stereocenters. The fraction of sp³-hybridized carbons (Fsp3) is 0.375. The third-order valence-corrected chi connectivity index (χ3v) is 2.55. The average Bonchev–Trinajstić information content (AvgIpc) is 2.06. The van der Waals surface area contributed by atoms with E-state index in [1.807, 2.05) is 12.4 Å². The van der Waals surface area contributed by atoms with Gasteiger partial charge >= 0.3 is 0 Å². The summed E-state index contributed by atoms with van der Waals surface area (Å²) in [5, 5.41) is 4.57. The van der Waals surface area contributed by atoms with E-state index in [0.717, 1.165) is 19.5 Å². The van der Waals surface area contributed by atoms with Crippen LogP contribution in [0.25, 0.3) is 0 Å². The van der Waals surface area contributed by atoms with Gasteiger partial charge in [-0.05, 0) is 29.4 Å². The molecule has 0 spiro atoms. The summed E-state index contributed by atoms with van der Waals surface area (Å²) in [5.74, 6) is 0. The number of rotatable bonds is 0. The van der Waals surface area contributed by atoms with Crippen molar-refractivity contribution in [1.82, 2.24) is 10.3 Å². The Labute approximate surface area is 68.6 Å². The first kappa shape index (κ1) is 7.20. The predicted octanol–water partition coefficient (Wildman–Crippen LogP) is 0.228. The summed E-state index contributed by atoms with van der Waals surface area (Å²) in [6, 6.07) is 0. The molecule has 58 valence electrons. The van der Waals surface area contributed by atoms with E-state index in [2.05, 4.69) is 19.5 Å². The van der Waals surface area contributed by atoms with Crippen molar-refractivity contribution in [2.45, 2.75) is 13.0 Å². The van der Waals surface area contributed by atoms with Crippen LogP contribution in [0.1, 0.15) is 11.1 Å². The van der Waals surface area contributed by atoms with Crippen molar-refractivity contribution < 1.29 is 0 Å². The van der Waals surface area contributed by atoms with E-state index in [-0.39, 0.29) is 0 Å². The lowest BCUT2D eigenvalue weighted by molar-refractivity contribution is 0.644. The van der Waals surface area contributed by atoms with E-state index in [9.17, 15) is 0 Å². The van der Waals surface area contributed by atoms with Gasteiger partial charge in [0, 0.05) is 18.9 Å². The highest BCUT2D eigenvalue weighted by molar-refractivity contribution is 7.27. The molecule has 3 heteroatoms. The maximum atomic E-state index is 4.15. The summed E-state index contributed by atoms with van der Waals surface area (Å²) in [5.41, 5.74) is 2.81. The van der Waals surface area contributed by atoms with Crippen LogP contribution < -0.4 is 10.6 Å². The molecule has 0 saturated carbocycles. The van der Waals surface area contributed by atoms with Crippen LogP contribution in [0.2, 0.25) is 0 Å². The quantitative estimate of drug-likeness (QED) is 0.558. The molecular weight excluding hydrogens is 155 g/mol. The van der Waals surface area contributed by atoms with Crippen molar-refractivity contribution in [3.05, 3.63) is 23.5 Å². The van der Waals surface area contributed by atoms with Gasteiger partial charge in [0.1, 0.15) is 0 Å². The van der Waals surface area contributed by atoms with Crippen LogP contribution in [0.3, 0.4) is 0 Å². The van der Waals surface area contributed by atoms with Gasteiger partial charge in [0.15, 0.2) is 0 Å². The summed E-state index contributed by atoms with van der Waals surface area (Å²) in [6.45, 7) is 2.08. The van der Waals surface area contributed by atoms with Crippen LogP contribution in [-0.4, -0.2) is 11.5 Å². The van der Waals surface area contributed by atoms with Crippen molar-refractivity contribution in [3.8, 4) is 0 Å². The predicted molar refractivity (Wildman–Crippen MR) is 49.0 cm³/mol. The zero-order chi connectivity index (χ0) is 7.68. The van der Waals surface area contributed by atoms with Crippen molar-refractivity contribution in [3.63, 3.8) is 0 Å². The Kier molecular flexibility index (Phi) is 1.89. The van der Waals surface area contributed by atoms with Crippen molar-refractivity contribution in [1.29, 1.82) is 0 Å². The van der Waals surface area contributed by atoms with Gasteiger partial charge in [-0.1, -0.05) is 0 Å². The Morgan fingerprint density at radius 3 is 3.18 bits per heavy atom. The number of nitrogens with zero attached hydrogens (tertiary/aromatic N) is 1. The molecule has 1 unspecified atom stereocenters. The number of nitrogens with one attached hydrogen (secondary N) is 1.